The van der Waals surface area contributed by atoms with Crippen LogP contribution in [0.3, 0.4) is 0 Å². The second-order valence-corrected chi connectivity index (χ2v) is 5.61. The molecule has 0 spiro atoms. The maximum Gasteiger partial charge on any atom is 0.264 e. The Kier molecular flexibility index (Phi) is 3.72. The summed E-state index contributed by atoms with van der Waals surface area (Å²) in [5, 5.41) is 7.11. The summed E-state index contributed by atoms with van der Waals surface area (Å²) < 4.78 is 26.3. The first-order chi connectivity index (χ1) is 8.99. The predicted molar refractivity (Wildman–Crippen MR) is 69.7 cm³/mol. The molecule has 100 valence electrons. The Morgan fingerprint density at radius 3 is 2.42 bits per heavy atom. The summed E-state index contributed by atoms with van der Waals surface area (Å²) in [6.07, 6.45) is 2.71. The lowest BCUT2D eigenvalue weighted by atomic mass is 10.1. The van der Waals surface area contributed by atoms with Gasteiger partial charge in [-0.2, -0.15) is 5.10 Å². The first-order valence-corrected chi connectivity index (χ1v) is 6.99. The third-order valence-corrected chi connectivity index (χ3v) is 3.77. The van der Waals surface area contributed by atoms with Gasteiger partial charge in [0.05, 0.1) is 17.3 Å². The van der Waals surface area contributed by atoms with Crippen LogP contribution < -0.4 is 10.5 Å². The number of hydrogen-bond acceptors (Lipinski definition) is 6. The van der Waals surface area contributed by atoms with E-state index in [1.165, 1.54) is 24.5 Å². The van der Waals surface area contributed by atoms with Crippen LogP contribution in [-0.2, 0) is 10.0 Å². The van der Waals surface area contributed by atoms with Gasteiger partial charge in [0.1, 0.15) is 0 Å². The van der Waals surface area contributed by atoms with Crippen LogP contribution in [0.5, 0.6) is 0 Å². The zero-order chi connectivity index (χ0) is 13.9. The Balaban J connectivity index is 2.25. The number of nitrogens with one attached hydrogen (secondary N) is 1. The number of hydrogen-bond donors (Lipinski definition) is 2. The van der Waals surface area contributed by atoms with Crippen LogP contribution in [0, 0.1) is 0 Å². The van der Waals surface area contributed by atoms with E-state index < -0.39 is 10.0 Å². The minimum atomic E-state index is -3.71. The minimum Gasteiger partial charge on any atom is -0.324 e. The van der Waals surface area contributed by atoms with Gasteiger partial charge in [-0.1, -0.05) is 12.1 Å². The second-order valence-electron chi connectivity index (χ2n) is 3.93. The van der Waals surface area contributed by atoms with E-state index in [9.17, 15) is 8.42 Å². The largest absolute Gasteiger partial charge is 0.324 e. The lowest BCUT2D eigenvalue weighted by Gasteiger charge is -2.08. The van der Waals surface area contributed by atoms with E-state index in [0.29, 0.717) is 0 Å². The molecule has 1 unspecified atom stereocenters. The molecule has 0 aliphatic heterocycles. The van der Waals surface area contributed by atoms with E-state index in [4.69, 9.17) is 5.73 Å². The van der Waals surface area contributed by atoms with Crippen LogP contribution in [0.25, 0.3) is 0 Å². The van der Waals surface area contributed by atoms with Crippen LogP contribution in [0.2, 0.25) is 0 Å². The number of benzene rings is 1. The van der Waals surface area contributed by atoms with E-state index in [2.05, 4.69) is 19.9 Å². The molecule has 0 saturated heterocycles. The number of rotatable bonds is 4. The lowest BCUT2D eigenvalue weighted by Crippen LogP contribution is -2.15. The number of nitrogens with zero attached hydrogens (tertiary/aromatic N) is 3. The zero-order valence-electron chi connectivity index (χ0n) is 10.2. The summed E-state index contributed by atoms with van der Waals surface area (Å²) in [6.45, 7) is 1.82. The normalized spacial score (nSPS) is 12.9. The fraction of sp³-hybridized carbons (Fsp3) is 0.182. The summed E-state index contributed by atoms with van der Waals surface area (Å²) in [5.74, 6) is -0.0706. The quantitative estimate of drug-likeness (QED) is 0.852. The van der Waals surface area contributed by atoms with Crippen LogP contribution >= 0.6 is 0 Å². The highest BCUT2D eigenvalue weighted by Gasteiger charge is 2.15. The van der Waals surface area contributed by atoms with Crippen LogP contribution in [0.4, 0.5) is 5.95 Å². The Hall–Kier alpha value is -2.06. The second kappa shape index (κ2) is 5.29. The van der Waals surface area contributed by atoms with Crippen molar-refractivity contribution in [3.63, 3.8) is 0 Å². The number of nitrogens with two attached hydrogens (primary N) is 1. The van der Waals surface area contributed by atoms with Crippen LogP contribution in [0.1, 0.15) is 18.5 Å². The van der Waals surface area contributed by atoms with Gasteiger partial charge in [-0.3, -0.25) is 0 Å². The predicted octanol–water partition coefficient (Wildman–Crippen LogP) is 0.692. The van der Waals surface area contributed by atoms with Crippen molar-refractivity contribution >= 4 is 16.0 Å². The number of sulfonamides is 1. The van der Waals surface area contributed by atoms with Crippen molar-refractivity contribution < 1.29 is 8.42 Å². The first kappa shape index (κ1) is 13.4. The summed E-state index contributed by atoms with van der Waals surface area (Å²) in [7, 11) is -3.71. The highest BCUT2D eigenvalue weighted by atomic mass is 32.2. The molecule has 1 heterocycles. The van der Waals surface area contributed by atoms with E-state index in [0.717, 1.165) is 5.56 Å². The van der Waals surface area contributed by atoms with Crippen molar-refractivity contribution in [1.82, 2.24) is 15.2 Å². The topological polar surface area (TPSA) is 111 Å². The van der Waals surface area contributed by atoms with Crippen LogP contribution in [0.15, 0.2) is 41.6 Å². The molecule has 1 aromatic carbocycles. The highest BCUT2D eigenvalue weighted by molar-refractivity contribution is 7.92. The summed E-state index contributed by atoms with van der Waals surface area (Å²) in [6, 6.07) is 6.16. The Morgan fingerprint density at radius 1 is 1.21 bits per heavy atom. The molecule has 0 aliphatic rings. The molecule has 0 radical (unpaired) electrons. The molecule has 0 amide bonds. The standard InChI is InChI=1S/C11H13N5O2S/c1-8(12)9-2-4-10(5-3-9)19(17,18)16-11-13-6-7-14-15-11/h2-8H,12H2,1H3,(H,13,15,16). The molecule has 1 aromatic heterocycles. The molecule has 2 rings (SSSR count). The van der Waals surface area contributed by atoms with Gasteiger partial charge in [0.15, 0.2) is 0 Å². The van der Waals surface area contributed by atoms with Gasteiger partial charge in [-0.05, 0) is 24.6 Å². The Labute approximate surface area is 110 Å². The molecule has 2 aromatic rings. The number of anilines is 1. The molecular formula is C11H13N5O2S. The first-order valence-electron chi connectivity index (χ1n) is 5.51. The van der Waals surface area contributed by atoms with Gasteiger partial charge in [0.25, 0.3) is 16.0 Å². The molecule has 1 atom stereocenters. The van der Waals surface area contributed by atoms with E-state index in [-0.39, 0.29) is 16.9 Å². The van der Waals surface area contributed by atoms with Gasteiger partial charge in [-0.25, -0.2) is 18.1 Å². The summed E-state index contributed by atoms with van der Waals surface area (Å²) >= 11 is 0. The monoisotopic (exact) mass is 279 g/mol. The Morgan fingerprint density at radius 2 is 1.89 bits per heavy atom. The fourth-order valence-electron chi connectivity index (χ4n) is 1.42. The lowest BCUT2D eigenvalue weighted by molar-refractivity contribution is 0.600. The number of aromatic nitrogens is 3. The maximum atomic E-state index is 12.0. The molecule has 7 nitrogen and oxygen atoms in total. The van der Waals surface area contributed by atoms with Crippen molar-refractivity contribution in [3.05, 3.63) is 42.2 Å². The van der Waals surface area contributed by atoms with E-state index >= 15 is 0 Å². The van der Waals surface area contributed by atoms with Gasteiger partial charge in [0.2, 0.25) is 0 Å². The third-order valence-electron chi connectivity index (χ3n) is 2.42. The molecule has 0 bridgehead atoms. The van der Waals surface area contributed by atoms with E-state index in [1.807, 2.05) is 6.92 Å². The zero-order valence-corrected chi connectivity index (χ0v) is 11.0. The molecular weight excluding hydrogens is 266 g/mol. The molecule has 8 heteroatoms. The SMILES string of the molecule is CC(N)c1ccc(S(=O)(=O)Nc2nccnn2)cc1. The average molecular weight is 279 g/mol. The van der Waals surface area contributed by atoms with Gasteiger partial charge in [-0.15, -0.1) is 5.10 Å². The third kappa shape index (κ3) is 3.24. The molecule has 19 heavy (non-hydrogen) atoms. The van der Waals surface area contributed by atoms with Crippen LogP contribution in [-0.4, -0.2) is 23.6 Å². The van der Waals surface area contributed by atoms with Gasteiger partial charge >= 0.3 is 0 Å². The van der Waals surface area contributed by atoms with Crippen molar-refractivity contribution in [2.24, 2.45) is 5.73 Å². The smallest absolute Gasteiger partial charge is 0.264 e. The molecule has 0 fully saturated rings. The molecule has 0 saturated carbocycles. The van der Waals surface area contributed by atoms with Crippen molar-refractivity contribution in [1.29, 1.82) is 0 Å². The Bertz CT molecular complexity index is 641. The fourth-order valence-corrected chi connectivity index (χ4v) is 2.37. The van der Waals surface area contributed by atoms with Crippen molar-refractivity contribution in [2.75, 3.05) is 4.72 Å². The highest BCUT2D eigenvalue weighted by Crippen LogP contribution is 2.16. The molecule has 3 N–H and O–H groups in total. The van der Waals surface area contributed by atoms with Gasteiger partial charge in [0, 0.05) is 6.04 Å². The average Bonchev–Trinajstić information content (AvgIpc) is 2.39. The minimum absolute atomic E-state index is 0.0706. The summed E-state index contributed by atoms with van der Waals surface area (Å²) in [5.41, 5.74) is 6.56. The van der Waals surface area contributed by atoms with Crippen molar-refractivity contribution in [3.8, 4) is 0 Å². The van der Waals surface area contributed by atoms with Gasteiger partial charge < -0.3 is 5.73 Å². The maximum absolute atomic E-state index is 12.0. The molecule has 0 aliphatic carbocycles. The van der Waals surface area contributed by atoms with E-state index in [1.54, 1.807) is 12.1 Å². The van der Waals surface area contributed by atoms with Crippen molar-refractivity contribution in [2.45, 2.75) is 17.9 Å². The summed E-state index contributed by atoms with van der Waals surface area (Å²) in [4.78, 5) is 3.87.